The van der Waals surface area contributed by atoms with Crippen molar-refractivity contribution in [2.24, 2.45) is 0 Å². The number of aliphatic hydroxyl groups is 4. The molecule has 22 heavy (non-hydrogen) atoms. The molecule has 0 amide bonds. The predicted octanol–water partition coefficient (Wildman–Crippen LogP) is -1.28. The van der Waals surface area contributed by atoms with Crippen LogP contribution in [0.1, 0.15) is 5.56 Å². The summed E-state index contributed by atoms with van der Waals surface area (Å²) >= 11 is 0. The van der Waals surface area contributed by atoms with Gasteiger partial charge in [0.05, 0.1) is 20.3 Å². The van der Waals surface area contributed by atoms with E-state index in [1.54, 1.807) is 12.1 Å². The minimum Gasteiger partial charge on any atom is -0.504 e. The number of aliphatic hydroxyl groups excluding tert-OH is 4. The Morgan fingerprint density at radius 1 is 1.14 bits per heavy atom. The van der Waals surface area contributed by atoms with Gasteiger partial charge in [0.15, 0.2) is 17.8 Å². The van der Waals surface area contributed by atoms with Crippen molar-refractivity contribution >= 4 is 0 Å². The van der Waals surface area contributed by atoms with Gasteiger partial charge in [-0.15, -0.1) is 0 Å². The molecule has 5 atom stereocenters. The second-order valence-corrected chi connectivity index (χ2v) is 5.01. The number of aromatic hydroxyl groups is 1. The van der Waals surface area contributed by atoms with E-state index in [9.17, 15) is 20.4 Å². The van der Waals surface area contributed by atoms with Crippen LogP contribution in [0.25, 0.3) is 0 Å². The third-order valence-electron chi connectivity index (χ3n) is 3.51. The van der Waals surface area contributed by atoms with Crippen molar-refractivity contribution in [2.75, 3.05) is 13.7 Å². The van der Waals surface area contributed by atoms with Crippen LogP contribution in [0, 0.1) is 0 Å². The molecular weight excluding hydrogens is 296 g/mol. The molecule has 5 N–H and O–H groups in total. The van der Waals surface area contributed by atoms with Crippen molar-refractivity contribution in [2.45, 2.75) is 37.3 Å². The molecule has 8 nitrogen and oxygen atoms in total. The van der Waals surface area contributed by atoms with E-state index < -0.39 is 37.3 Å². The topological polar surface area (TPSA) is 129 Å². The van der Waals surface area contributed by atoms with Crippen LogP contribution in [-0.2, 0) is 16.1 Å². The van der Waals surface area contributed by atoms with Gasteiger partial charge >= 0.3 is 0 Å². The summed E-state index contributed by atoms with van der Waals surface area (Å²) in [5.74, 6) is 0.258. The zero-order valence-corrected chi connectivity index (χ0v) is 12.0. The van der Waals surface area contributed by atoms with Gasteiger partial charge in [0.2, 0.25) is 0 Å². The quantitative estimate of drug-likeness (QED) is 0.454. The summed E-state index contributed by atoms with van der Waals surface area (Å²) in [4.78, 5) is 0. The van der Waals surface area contributed by atoms with Crippen molar-refractivity contribution in [3.8, 4) is 11.5 Å². The molecule has 0 aromatic heterocycles. The van der Waals surface area contributed by atoms with Gasteiger partial charge in [-0.1, -0.05) is 6.07 Å². The lowest BCUT2D eigenvalue weighted by molar-refractivity contribution is -0.304. The Bertz CT molecular complexity index is 492. The van der Waals surface area contributed by atoms with Crippen LogP contribution in [0.3, 0.4) is 0 Å². The van der Waals surface area contributed by atoms with E-state index in [4.69, 9.17) is 19.3 Å². The molecule has 1 fully saturated rings. The molecule has 1 aliphatic rings. The summed E-state index contributed by atoms with van der Waals surface area (Å²) in [5.41, 5.74) is 0.645. The molecule has 1 aromatic carbocycles. The molecule has 2 rings (SSSR count). The molecule has 1 unspecified atom stereocenters. The summed E-state index contributed by atoms with van der Waals surface area (Å²) < 4.78 is 15.6. The van der Waals surface area contributed by atoms with E-state index >= 15 is 0 Å². The highest BCUT2D eigenvalue weighted by atomic mass is 16.7. The first kappa shape index (κ1) is 16.9. The van der Waals surface area contributed by atoms with Gasteiger partial charge < -0.3 is 39.7 Å². The number of ether oxygens (including phenoxy) is 3. The largest absolute Gasteiger partial charge is 0.504 e. The molecule has 0 radical (unpaired) electrons. The molecular formula is C14H20O8. The Morgan fingerprint density at radius 2 is 1.86 bits per heavy atom. The number of hydrogen-bond donors (Lipinski definition) is 5. The van der Waals surface area contributed by atoms with E-state index in [0.717, 1.165) is 0 Å². The van der Waals surface area contributed by atoms with Crippen molar-refractivity contribution in [3.63, 3.8) is 0 Å². The van der Waals surface area contributed by atoms with Gasteiger partial charge in [-0.25, -0.2) is 0 Å². The second-order valence-electron chi connectivity index (χ2n) is 5.01. The van der Waals surface area contributed by atoms with E-state index in [0.29, 0.717) is 5.56 Å². The van der Waals surface area contributed by atoms with Crippen LogP contribution >= 0.6 is 0 Å². The lowest BCUT2D eigenvalue weighted by Crippen LogP contribution is -2.59. The lowest BCUT2D eigenvalue weighted by atomic mass is 9.99. The number of phenolic OH excluding ortho intramolecular Hbond substituents is 1. The molecule has 0 spiro atoms. The first-order chi connectivity index (χ1) is 10.5. The first-order valence-electron chi connectivity index (χ1n) is 6.76. The SMILES string of the molecule is COc1cc(COC2O[C@H](CO)[C@@H](O)[C@H](O)[C@H]2O)ccc1O. The number of rotatable bonds is 5. The highest BCUT2D eigenvalue weighted by Gasteiger charge is 2.43. The van der Waals surface area contributed by atoms with Crippen LogP contribution < -0.4 is 4.74 Å². The van der Waals surface area contributed by atoms with Gasteiger partial charge in [-0.2, -0.15) is 0 Å². The zero-order chi connectivity index (χ0) is 16.3. The zero-order valence-electron chi connectivity index (χ0n) is 12.0. The van der Waals surface area contributed by atoms with E-state index in [-0.39, 0.29) is 18.1 Å². The van der Waals surface area contributed by atoms with Crippen molar-refractivity contribution in [3.05, 3.63) is 23.8 Å². The summed E-state index contributed by atoms with van der Waals surface area (Å²) in [6.07, 6.45) is -6.57. The van der Waals surface area contributed by atoms with Crippen molar-refractivity contribution in [1.82, 2.24) is 0 Å². The van der Waals surface area contributed by atoms with E-state index in [1.165, 1.54) is 13.2 Å². The number of hydrogen-bond acceptors (Lipinski definition) is 8. The Morgan fingerprint density at radius 3 is 2.50 bits per heavy atom. The fourth-order valence-electron chi connectivity index (χ4n) is 2.20. The maximum Gasteiger partial charge on any atom is 0.187 e. The number of methoxy groups -OCH3 is 1. The maximum atomic E-state index is 9.84. The van der Waals surface area contributed by atoms with Gasteiger partial charge in [0, 0.05) is 0 Å². The van der Waals surface area contributed by atoms with Crippen LogP contribution in [0.2, 0.25) is 0 Å². The van der Waals surface area contributed by atoms with Gasteiger partial charge in [0.1, 0.15) is 24.4 Å². The molecule has 124 valence electrons. The van der Waals surface area contributed by atoms with Crippen LogP contribution in [0.5, 0.6) is 11.5 Å². The van der Waals surface area contributed by atoms with E-state index in [1.807, 2.05) is 0 Å². The molecule has 0 bridgehead atoms. The molecule has 0 saturated carbocycles. The molecule has 8 heteroatoms. The molecule has 1 saturated heterocycles. The normalized spacial score (nSPS) is 32.0. The third kappa shape index (κ3) is 3.49. The van der Waals surface area contributed by atoms with Crippen molar-refractivity contribution < 1.29 is 39.7 Å². The highest BCUT2D eigenvalue weighted by Crippen LogP contribution is 2.28. The Balaban J connectivity index is 2.01. The molecule has 1 aliphatic heterocycles. The van der Waals surface area contributed by atoms with Crippen LogP contribution in [0.4, 0.5) is 0 Å². The molecule has 0 aliphatic carbocycles. The highest BCUT2D eigenvalue weighted by molar-refractivity contribution is 5.41. The summed E-state index contributed by atoms with van der Waals surface area (Å²) in [7, 11) is 1.41. The van der Waals surface area contributed by atoms with Gasteiger partial charge in [-0.3, -0.25) is 0 Å². The average Bonchev–Trinajstić information content (AvgIpc) is 2.53. The Kier molecular flexibility index (Phi) is 5.57. The Hall–Kier alpha value is -1.42. The van der Waals surface area contributed by atoms with Gasteiger partial charge in [0.25, 0.3) is 0 Å². The van der Waals surface area contributed by atoms with Gasteiger partial charge in [-0.05, 0) is 17.7 Å². The van der Waals surface area contributed by atoms with Crippen LogP contribution in [0.15, 0.2) is 18.2 Å². The average molecular weight is 316 g/mol. The first-order valence-corrected chi connectivity index (χ1v) is 6.76. The Labute approximate surface area is 127 Å². The van der Waals surface area contributed by atoms with Crippen LogP contribution in [-0.4, -0.2) is 70.0 Å². The smallest absolute Gasteiger partial charge is 0.187 e. The molecule has 1 heterocycles. The summed E-state index contributed by atoms with van der Waals surface area (Å²) in [6.45, 7) is -0.503. The fraction of sp³-hybridized carbons (Fsp3) is 0.571. The minimum atomic E-state index is -1.48. The van der Waals surface area contributed by atoms with E-state index in [2.05, 4.69) is 0 Å². The predicted molar refractivity (Wildman–Crippen MR) is 73.2 cm³/mol. The third-order valence-corrected chi connectivity index (χ3v) is 3.51. The monoisotopic (exact) mass is 316 g/mol. The molecule has 1 aromatic rings. The van der Waals surface area contributed by atoms with Crippen molar-refractivity contribution in [1.29, 1.82) is 0 Å². The summed E-state index contributed by atoms with van der Waals surface area (Å²) in [5, 5.41) is 47.8. The minimum absolute atomic E-state index is 0.0132. The standard InChI is InChI=1S/C14H20O8/c1-20-9-4-7(2-3-8(9)16)6-21-14-13(19)12(18)11(17)10(5-15)22-14/h2-4,10-19H,5-6H2,1H3/t10-,11-,12+,13-,14?/m1/s1. The maximum absolute atomic E-state index is 9.84. The summed E-state index contributed by atoms with van der Waals surface area (Å²) in [6, 6.07) is 4.59. The fourth-order valence-corrected chi connectivity index (χ4v) is 2.20. The number of phenols is 1. The number of benzene rings is 1. The second kappa shape index (κ2) is 7.23. The lowest BCUT2D eigenvalue weighted by Gasteiger charge is -2.39.